The summed E-state index contributed by atoms with van der Waals surface area (Å²) >= 11 is 0. The zero-order valence-corrected chi connectivity index (χ0v) is 13.9. The molecule has 0 aromatic heterocycles. The molecule has 0 N–H and O–H groups in total. The molecule has 1 aliphatic carbocycles. The van der Waals surface area contributed by atoms with E-state index in [0.717, 1.165) is 6.42 Å². The molecule has 0 amide bonds. The molecule has 0 saturated heterocycles. The summed E-state index contributed by atoms with van der Waals surface area (Å²) in [5.41, 5.74) is 10.8. The van der Waals surface area contributed by atoms with E-state index in [9.17, 15) is 0 Å². The number of fused-ring (bicyclic) bond motifs is 3. The highest BCUT2D eigenvalue weighted by Gasteiger charge is 2.19. The van der Waals surface area contributed by atoms with Gasteiger partial charge in [0.1, 0.15) is 0 Å². The van der Waals surface area contributed by atoms with Gasteiger partial charge in [-0.2, -0.15) is 0 Å². The number of hydrogen-bond acceptors (Lipinski definition) is 0. The summed E-state index contributed by atoms with van der Waals surface area (Å²) in [7, 11) is 0. The third kappa shape index (κ3) is 2.47. The summed E-state index contributed by atoms with van der Waals surface area (Å²) in [5.74, 6) is 0. The molecule has 0 heteroatoms. The molecule has 118 valence electrons. The Hall–Kier alpha value is -3.12. The van der Waals surface area contributed by atoms with Crippen molar-refractivity contribution in [1.82, 2.24) is 0 Å². The third-order valence-electron chi connectivity index (χ3n) is 5.11. The number of hydrogen-bond donors (Lipinski definition) is 0. The second kappa shape index (κ2) is 5.75. The van der Waals surface area contributed by atoms with Crippen LogP contribution >= 0.6 is 0 Å². The lowest BCUT2D eigenvalue weighted by atomic mass is 9.96. The molecule has 4 aromatic rings. The molecule has 5 rings (SSSR count). The predicted molar refractivity (Wildman–Crippen MR) is 106 cm³/mol. The van der Waals surface area contributed by atoms with Gasteiger partial charge in [0.25, 0.3) is 0 Å². The van der Waals surface area contributed by atoms with Crippen molar-refractivity contribution in [3.8, 4) is 33.4 Å². The van der Waals surface area contributed by atoms with Gasteiger partial charge in [-0.05, 0) is 63.1 Å². The van der Waals surface area contributed by atoms with Crippen molar-refractivity contribution in [2.75, 3.05) is 0 Å². The molecular formula is C25H18. The number of benzene rings is 4. The maximum atomic E-state index is 2.35. The third-order valence-corrected chi connectivity index (χ3v) is 5.11. The Bertz CT molecular complexity index is 957. The van der Waals surface area contributed by atoms with Crippen molar-refractivity contribution in [3.63, 3.8) is 0 Å². The maximum Gasteiger partial charge on any atom is -0.00134 e. The van der Waals surface area contributed by atoms with Gasteiger partial charge in [-0.25, -0.2) is 0 Å². The molecule has 0 fully saturated rings. The zero-order valence-electron chi connectivity index (χ0n) is 13.9. The molecule has 1 aliphatic rings. The monoisotopic (exact) mass is 318 g/mol. The molecule has 0 bridgehead atoms. The van der Waals surface area contributed by atoms with Gasteiger partial charge in [-0.1, -0.05) is 84.9 Å². The standard InChI is InChI=1S/C25H18/c1-3-7-18(8-4-1)20-11-13-22-15-23-14-12-21(17-25(23)24(22)16-20)19-9-5-2-6-10-19/h1-14,16-17H,15H2. The Morgan fingerprint density at radius 2 is 0.840 bits per heavy atom. The fourth-order valence-corrected chi connectivity index (χ4v) is 3.79. The molecule has 0 radical (unpaired) electrons. The molecular weight excluding hydrogens is 300 g/mol. The molecule has 0 heterocycles. The van der Waals surface area contributed by atoms with Crippen LogP contribution in [0.2, 0.25) is 0 Å². The molecule has 4 aromatic carbocycles. The smallest absolute Gasteiger partial charge is 0.00134 e. The van der Waals surface area contributed by atoms with E-state index in [2.05, 4.69) is 97.1 Å². The predicted octanol–water partition coefficient (Wildman–Crippen LogP) is 6.59. The first kappa shape index (κ1) is 14.2. The molecule has 0 atom stereocenters. The van der Waals surface area contributed by atoms with Crippen molar-refractivity contribution >= 4 is 0 Å². The minimum Gasteiger partial charge on any atom is -0.0622 e. The van der Waals surface area contributed by atoms with Gasteiger partial charge in [0.05, 0.1) is 0 Å². The van der Waals surface area contributed by atoms with Crippen LogP contribution in [0.25, 0.3) is 33.4 Å². The highest BCUT2D eigenvalue weighted by Crippen LogP contribution is 2.40. The van der Waals surface area contributed by atoms with E-state index in [4.69, 9.17) is 0 Å². The van der Waals surface area contributed by atoms with Crippen LogP contribution in [-0.4, -0.2) is 0 Å². The van der Waals surface area contributed by atoms with Crippen LogP contribution in [0.15, 0.2) is 97.1 Å². The molecule has 0 aliphatic heterocycles. The highest BCUT2D eigenvalue weighted by atomic mass is 14.2. The van der Waals surface area contributed by atoms with E-state index in [1.165, 1.54) is 44.5 Å². The van der Waals surface area contributed by atoms with Crippen LogP contribution in [0.3, 0.4) is 0 Å². The van der Waals surface area contributed by atoms with Crippen LogP contribution in [-0.2, 0) is 6.42 Å². The highest BCUT2D eigenvalue weighted by molar-refractivity contribution is 5.84. The van der Waals surface area contributed by atoms with Gasteiger partial charge in [0.2, 0.25) is 0 Å². The average molecular weight is 318 g/mol. The van der Waals surface area contributed by atoms with Crippen molar-refractivity contribution in [2.24, 2.45) is 0 Å². The first-order chi connectivity index (χ1) is 12.4. The van der Waals surface area contributed by atoms with Crippen molar-refractivity contribution in [3.05, 3.63) is 108 Å². The minimum absolute atomic E-state index is 1.04. The van der Waals surface area contributed by atoms with E-state index in [0.29, 0.717) is 0 Å². The zero-order chi connectivity index (χ0) is 16.6. The largest absolute Gasteiger partial charge is 0.0622 e. The fraction of sp³-hybridized carbons (Fsp3) is 0.0400. The van der Waals surface area contributed by atoms with E-state index in [1.54, 1.807) is 0 Å². The van der Waals surface area contributed by atoms with Crippen LogP contribution in [0.5, 0.6) is 0 Å². The quantitative estimate of drug-likeness (QED) is 0.344. The molecule has 0 nitrogen and oxygen atoms in total. The Labute approximate surface area is 148 Å². The number of rotatable bonds is 2. The summed E-state index contributed by atoms with van der Waals surface area (Å²) in [4.78, 5) is 0. The van der Waals surface area contributed by atoms with E-state index in [-0.39, 0.29) is 0 Å². The second-order valence-electron chi connectivity index (χ2n) is 6.65. The van der Waals surface area contributed by atoms with Gasteiger partial charge in [0.15, 0.2) is 0 Å². The van der Waals surface area contributed by atoms with Gasteiger partial charge in [-0.3, -0.25) is 0 Å². The Kier molecular flexibility index (Phi) is 3.28. The van der Waals surface area contributed by atoms with E-state index >= 15 is 0 Å². The molecule has 0 unspecified atom stereocenters. The fourth-order valence-electron chi connectivity index (χ4n) is 3.79. The normalized spacial score (nSPS) is 11.8. The lowest BCUT2D eigenvalue weighted by Crippen LogP contribution is -1.83. The van der Waals surface area contributed by atoms with Gasteiger partial charge < -0.3 is 0 Å². The van der Waals surface area contributed by atoms with E-state index in [1.807, 2.05) is 0 Å². The lowest BCUT2D eigenvalue weighted by molar-refractivity contribution is 1.26. The van der Waals surface area contributed by atoms with Crippen molar-refractivity contribution < 1.29 is 0 Å². The summed E-state index contributed by atoms with van der Waals surface area (Å²) in [5, 5.41) is 0. The molecule has 25 heavy (non-hydrogen) atoms. The Morgan fingerprint density at radius 3 is 1.28 bits per heavy atom. The average Bonchev–Trinajstić information content (AvgIpc) is 3.06. The van der Waals surface area contributed by atoms with Gasteiger partial charge >= 0.3 is 0 Å². The van der Waals surface area contributed by atoms with Gasteiger partial charge in [0, 0.05) is 0 Å². The van der Waals surface area contributed by atoms with Crippen molar-refractivity contribution in [2.45, 2.75) is 6.42 Å². The van der Waals surface area contributed by atoms with Crippen LogP contribution in [0.1, 0.15) is 11.1 Å². The summed E-state index contributed by atoms with van der Waals surface area (Å²) in [6.07, 6.45) is 1.04. The Morgan fingerprint density at radius 1 is 0.400 bits per heavy atom. The first-order valence-corrected chi connectivity index (χ1v) is 8.75. The molecule has 0 saturated carbocycles. The summed E-state index contributed by atoms with van der Waals surface area (Å²) in [6, 6.07) is 35.0. The van der Waals surface area contributed by atoms with E-state index < -0.39 is 0 Å². The van der Waals surface area contributed by atoms with Crippen molar-refractivity contribution in [1.29, 1.82) is 0 Å². The molecule has 0 spiro atoms. The lowest BCUT2D eigenvalue weighted by Gasteiger charge is -2.08. The van der Waals surface area contributed by atoms with Crippen LogP contribution in [0.4, 0.5) is 0 Å². The summed E-state index contributed by atoms with van der Waals surface area (Å²) in [6.45, 7) is 0. The first-order valence-electron chi connectivity index (χ1n) is 8.75. The maximum absolute atomic E-state index is 2.35. The van der Waals surface area contributed by atoms with Gasteiger partial charge in [-0.15, -0.1) is 0 Å². The SMILES string of the molecule is c1ccc(-c2ccc3c(c2)-c2cc(-c4ccccc4)ccc2C3)cc1. The topological polar surface area (TPSA) is 0 Å². The summed E-state index contributed by atoms with van der Waals surface area (Å²) < 4.78 is 0. The second-order valence-corrected chi connectivity index (χ2v) is 6.65. The minimum atomic E-state index is 1.04. The van der Waals surface area contributed by atoms with Crippen LogP contribution in [0, 0.1) is 0 Å². The van der Waals surface area contributed by atoms with Crippen LogP contribution < -0.4 is 0 Å². The Balaban J connectivity index is 1.63.